The van der Waals surface area contributed by atoms with Crippen LogP contribution in [0.2, 0.25) is 0 Å². The summed E-state index contributed by atoms with van der Waals surface area (Å²) in [4.78, 5) is 0. The van der Waals surface area contributed by atoms with E-state index in [-0.39, 0.29) is 5.56 Å². The lowest BCUT2D eigenvalue weighted by Crippen LogP contribution is -2.19. The van der Waals surface area contributed by atoms with Crippen molar-refractivity contribution in [3.63, 3.8) is 0 Å². The van der Waals surface area contributed by atoms with Gasteiger partial charge in [0.05, 0.1) is 11.7 Å². The van der Waals surface area contributed by atoms with E-state index in [9.17, 15) is 13.2 Å². The van der Waals surface area contributed by atoms with Crippen molar-refractivity contribution in [2.75, 3.05) is 0 Å². The van der Waals surface area contributed by atoms with E-state index < -0.39 is 23.5 Å². The quantitative estimate of drug-likeness (QED) is 0.872. The van der Waals surface area contributed by atoms with Crippen molar-refractivity contribution in [2.45, 2.75) is 6.04 Å². The molecule has 2 rings (SSSR count). The Balaban J connectivity index is 2.51. The highest BCUT2D eigenvalue weighted by atomic mass is 19.1. The van der Waals surface area contributed by atoms with Gasteiger partial charge in [0.25, 0.3) is 0 Å². The zero-order valence-corrected chi connectivity index (χ0v) is 8.99. The molecule has 0 saturated carbocycles. The Hall–Kier alpha value is -1.82. The largest absolute Gasteiger partial charge is 0.319 e. The Bertz CT molecular complexity index is 528. The average Bonchev–Trinajstić information content (AvgIpc) is 2.62. The van der Waals surface area contributed by atoms with Gasteiger partial charge >= 0.3 is 0 Å². The molecule has 0 saturated heterocycles. The lowest BCUT2D eigenvalue weighted by Gasteiger charge is -2.14. The number of hydrogen-bond donors (Lipinski definition) is 1. The second-order valence-corrected chi connectivity index (χ2v) is 3.64. The molecule has 1 aromatic carbocycles. The molecule has 0 fully saturated rings. The van der Waals surface area contributed by atoms with Gasteiger partial charge in [0, 0.05) is 30.9 Å². The molecule has 0 amide bonds. The molecule has 1 atom stereocenters. The molecule has 0 aliphatic carbocycles. The predicted octanol–water partition coefficient (Wildman–Crippen LogP) is 1.89. The van der Waals surface area contributed by atoms with E-state index in [4.69, 9.17) is 5.73 Å². The summed E-state index contributed by atoms with van der Waals surface area (Å²) >= 11 is 0. The van der Waals surface area contributed by atoms with Crippen molar-refractivity contribution < 1.29 is 13.2 Å². The second kappa shape index (κ2) is 4.21. The van der Waals surface area contributed by atoms with Crippen LogP contribution in [0.4, 0.5) is 13.2 Å². The molecule has 3 nitrogen and oxygen atoms in total. The van der Waals surface area contributed by atoms with Crippen LogP contribution in [0.25, 0.3) is 0 Å². The molecule has 0 aliphatic rings. The van der Waals surface area contributed by atoms with Gasteiger partial charge in [-0.25, -0.2) is 13.2 Å². The molecule has 90 valence electrons. The summed E-state index contributed by atoms with van der Waals surface area (Å²) in [6, 6.07) is 1.74. The summed E-state index contributed by atoms with van der Waals surface area (Å²) in [6.07, 6.45) is 1.47. The first-order valence-corrected chi connectivity index (χ1v) is 4.88. The van der Waals surface area contributed by atoms with Crippen molar-refractivity contribution in [3.05, 3.63) is 53.1 Å². The third-order valence-corrected chi connectivity index (χ3v) is 2.53. The van der Waals surface area contributed by atoms with Gasteiger partial charge < -0.3 is 5.73 Å². The molecule has 6 heteroatoms. The Morgan fingerprint density at radius 2 is 1.82 bits per heavy atom. The maximum absolute atomic E-state index is 13.5. The second-order valence-electron chi connectivity index (χ2n) is 3.64. The minimum absolute atomic E-state index is 0.366. The van der Waals surface area contributed by atoms with Gasteiger partial charge in [-0.1, -0.05) is 0 Å². The van der Waals surface area contributed by atoms with Crippen LogP contribution in [0.5, 0.6) is 0 Å². The number of rotatable bonds is 2. The van der Waals surface area contributed by atoms with E-state index in [1.54, 1.807) is 13.1 Å². The number of nitrogens with zero attached hydrogens (tertiary/aromatic N) is 2. The highest BCUT2D eigenvalue weighted by molar-refractivity contribution is 5.30. The number of nitrogens with two attached hydrogens (primary N) is 1. The fourth-order valence-corrected chi connectivity index (χ4v) is 1.69. The van der Waals surface area contributed by atoms with E-state index >= 15 is 0 Å². The Morgan fingerprint density at radius 3 is 2.29 bits per heavy atom. The van der Waals surface area contributed by atoms with Gasteiger partial charge in [0.1, 0.15) is 17.5 Å². The topological polar surface area (TPSA) is 43.8 Å². The number of benzene rings is 1. The minimum Gasteiger partial charge on any atom is -0.319 e. The van der Waals surface area contributed by atoms with Crippen molar-refractivity contribution in [1.82, 2.24) is 9.78 Å². The van der Waals surface area contributed by atoms with Crippen molar-refractivity contribution >= 4 is 0 Å². The SMILES string of the molecule is Cn1nccc1C(N)c1c(F)cc(F)cc1F. The number of hydrogen-bond acceptors (Lipinski definition) is 2. The Kier molecular flexibility index (Phi) is 2.89. The zero-order chi connectivity index (χ0) is 12.6. The Morgan fingerprint density at radius 1 is 1.24 bits per heavy atom. The zero-order valence-electron chi connectivity index (χ0n) is 8.99. The minimum atomic E-state index is -1.02. The van der Waals surface area contributed by atoms with E-state index in [1.807, 2.05) is 0 Å². The molecule has 2 N–H and O–H groups in total. The summed E-state index contributed by atoms with van der Waals surface area (Å²) in [5.74, 6) is -2.98. The van der Waals surface area contributed by atoms with Crippen LogP contribution in [-0.2, 0) is 7.05 Å². The lowest BCUT2D eigenvalue weighted by atomic mass is 10.0. The molecule has 2 aromatic rings. The van der Waals surface area contributed by atoms with Crippen LogP contribution in [0.1, 0.15) is 17.3 Å². The summed E-state index contributed by atoms with van der Waals surface area (Å²) in [6.45, 7) is 0. The van der Waals surface area contributed by atoms with Crippen LogP contribution in [-0.4, -0.2) is 9.78 Å². The number of aromatic nitrogens is 2. The maximum atomic E-state index is 13.5. The van der Waals surface area contributed by atoms with E-state index in [0.29, 0.717) is 17.8 Å². The van der Waals surface area contributed by atoms with Crippen LogP contribution in [0.15, 0.2) is 24.4 Å². The average molecular weight is 241 g/mol. The molecular formula is C11H10F3N3. The lowest BCUT2D eigenvalue weighted by molar-refractivity contribution is 0.509. The molecule has 0 aliphatic heterocycles. The Labute approximate surface area is 95.7 Å². The van der Waals surface area contributed by atoms with E-state index in [2.05, 4.69) is 5.10 Å². The fourth-order valence-electron chi connectivity index (χ4n) is 1.69. The first-order chi connectivity index (χ1) is 8.00. The molecule has 0 bridgehead atoms. The third-order valence-electron chi connectivity index (χ3n) is 2.53. The van der Waals surface area contributed by atoms with Crippen molar-refractivity contribution in [1.29, 1.82) is 0 Å². The van der Waals surface area contributed by atoms with Gasteiger partial charge in [-0.2, -0.15) is 5.10 Å². The first kappa shape index (κ1) is 11.7. The van der Waals surface area contributed by atoms with Gasteiger partial charge in [-0.05, 0) is 6.07 Å². The van der Waals surface area contributed by atoms with Gasteiger partial charge in [0.15, 0.2) is 0 Å². The van der Waals surface area contributed by atoms with E-state index in [1.165, 1.54) is 10.9 Å². The summed E-state index contributed by atoms with van der Waals surface area (Å²) in [5, 5.41) is 3.86. The molecule has 0 radical (unpaired) electrons. The molecule has 1 heterocycles. The predicted molar refractivity (Wildman–Crippen MR) is 55.6 cm³/mol. The fraction of sp³-hybridized carbons (Fsp3) is 0.182. The van der Waals surface area contributed by atoms with E-state index in [0.717, 1.165) is 0 Å². The molecule has 1 unspecified atom stereocenters. The summed E-state index contributed by atoms with van der Waals surface area (Å²) in [5.41, 5.74) is 5.82. The summed E-state index contributed by atoms with van der Waals surface area (Å²) in [7, 11) is 1.61. The van der Waals surface area contributed by atoms with Crippen LogP contribution >= 0.6 is 0 Å². The third kappa shape index (κ3) is 2.03. The molecular weight excluding hydrogens is 231 g/mol. The highest BCUT2D eigenvalue weighted by Gasteiger charge is 2.21. The van der Waals surface area contributed by atoms with Gasteiger partial charge in [0.2, 0.25) is 0 Å². The van der Waals surface area contributed by atoms with Crippen molar-refractivity contribution in [2.24, 2.45) is 12.8 Å². The number of aryl methyl sites for hydroxylation is 1. The summed E-state index contributed by atoms with van der Waals surface area (Å²) < 4.78 is 41.2. The highest BCUT2D eigenvalue weighted by Crippen LogP contribution is 2.25. The van der Waals surface area contributed by atoms with Crippen LogP contribution in [0.3, 0.4) is 0 Å². The van der Waals surface area contributed by atoms with Crippen LogP contribution in [0, 0.1) is 17.5 Å². The molecule has 0 spiro atoms. The van der Waals surface area contributed by atoms with Crippen molar-refractivity contribution in [3.8, 4) is 0 Å². The first-order valence-electron chi connectivity index (χ1n) is 4.88. The monoisotopic (exact) mass is 241 g/mol. The van der Waals surface area contributed by atoms with Gasteiger partial charge in [-0.3, -0.25) is 4.68 Å². The number of halogens is 3. The maximum Gasteiger partial charge on any atom is 0.134 e. The smallest absolute Gasteiger partial charge is 0.134 e. The molecule has 1 aromatic heterocycles. The van der Waals surface area contributed by atoms with Gasteiger partial charge in [-0.15, -0.1) is 0 Å². The normalized spacial score (nSPS) is 12.8. The van der Waals surface area contributed by atoms with Crippen LogP contribution < -0.4 is 5.73 Å². The standard InChI is InChI=1S/C11H10F3N3/c1-17-9(2-3-16-17)11(15)10-7(13)4-6(12)5-8(10)14/h2-5,11H,15H2,1H3. The molecule has 17 heavy (non-hydrogen) atoms.